The van der Waals surface area contributed by atoms with E-state index in [0.29, 0.717) is 37.9 Å². The Labute approximate surface area is 124 Å². The number of nitrogen functional groups attached to an aromatic ring is 1. The van der Waals surface area contributed by atoms with Crippen molar-refractivity contribution in [2.45, 2.75) is 19.9 Å². The molecule has 2 heterocycles. The van der Waals surface area contributed by atoms with Crippen molar-refractivity contribution in [2.75, 3.05) is 49.2 Å². The van der Waals surface area contributed by atoms with Crippen molar-refractivity contribution in [3.63, 3.8) is 0 Å². The third-order valence-corrected chi connectivity index (χ3v) is 3.16. The van der Waals surface area contributed by atoms with E-state index in [9.17, 15) is 4.79 Å². The molecule has 1 aliphatic rings. The number of amides is 1. The number of carbonyl (C=O) groups excluding carboxylic acids is 1. The van der Waals surface area contributed by atoms with Gasteiger partial charge in [-0.25, -0.2) is 0 Å². The van der Waals surface area contributed by atoms with E-state index in [4.69, 9.17) is 10.5 Å². The molecule has 0 aliphatic carbocycles. The molecule has 0 bridgehead atoms. The van der Waals surface area contributed by atoms with Gasteiger partial charge in [0.05, 0.1) is 13.2 Å². The first-order chi connectivity index (χ1) is 10.1. The number of hydrogen-bond acceptors (Lipinski definition) is 7. The van der Waals surface area contributed by atoms with Gasteiger partial charge in [-0.15, -0.1) is 0 Å². The monoisotopic (exact) mass is 294 g/mol. The smallest absolute Gasteiger partial charge is 0.244 e. The van der Waals surface area contributed by atoms with Crippen molar-refractivity contribution in [3.8, 4) is 0 Å². The topological polar surface area (TPSA) is 105 Å². The number of morpholine rings is 1. The minimum Gasteiger partial charge on any atom is -0.378 e. The summed E-state index contributed by atoms with van der Waals surface area (Å²) < 4.78 is 5.25. The molecule has 1 aromatic heterocycles. The number of nitrogens with zero attached hydrogens (tertiary/aromatic N) is 3. The Morgan fingerprint density at radius 1 is 1.43 bits per heavy atom. The average Bonchev–Trinajstić information content (AvgIpc) is 2.47. The van der Waals surface area contributed by atoms with Crippen LogP contribution in [0.5, 0.6) is 0 Å². The molecule has 8 heteroatoms. The number of aromatic nitrogens is 2. The standard InChI is InChI=1S/C13H22N6O2/c1-3-15-10-8-11(18-13(14)17-10)16-9(2)12(20)19-4-6-21-7-5-19/h8-9H,3-7H2,1-2H3,(H4,14,15,16,17,18). The van der Waals surface area contributed by atoms with E-state index in [1.165, 1.54) is 0 Å². The highest BCUT2D eigenvalue weighted by Crippen LogP contribution is 2.14. The molecule has 1 saturated heterocycles. The third-order valence-electron chi connectivity index (χ3n) is 3.16. The first-order valence-electron chi connectivity index (χ1n) is 7.11. The van der Waals surface area contributed by atoms with Crippen LogP contribution in [0.3, 0.4) is 0 Å². The molecule has 2 rings (SSSR count). The maximum Gasteiger partial charge on any atom is 0.244 e. The molecule has 1 unspecified atom stereocenters. The zero-order valence-corrected chi connectivity index (χ0v) is 12.4. The summed E-state index contributed by atoms with van der Waals surface area (Å²) in [6.07, 6.45) is 0. The number of anilines is 3. The molecule has 1 aromatic rings. The predicted molar refractivity (Wildman–Crippen MR) is 81.1 cm³/mol. The molecule has 0 spiro atoms. The Morgan fingerprint density at radius 2 is 2.10 bits per heavy atom. The molecule has 8 nitrogen and oxygen atoms in total. The van der Waals surface area contributed by atoms with Crippen LogP contribution in [0.2, 0.25) is 0 Å². The van der Waals surface area contributed by atoms with Crippen molar-refractivity contribution < 1.29 is 9.53 Å². The molecule has 1 atom stereocenters. The molecular formula is C13H22N6O2. The van der Waals surface area contributed by atoms with Gasteiger partial charge in [-0.2, -0.15) is 9.97 Å². The predicted octanol–water partition coefficient (Wildman–Crippen LogP) is 0.150. The van der Waals surface area contributed by atoms with Gasteiger partial charge in [0.1, 0.15) is 17.7 Å². The molecule has 1 fully saturated rings. The SMILES string of the molecule is CCNc1cc(NC(C)C(=O)N2CCOCC2)nc(N)n1. The van der Waals surface area contributed by atoms with Crippen molar-refractivity contribution in [1.29, 1.82) is 0 Å². The van der Waals surface area contributed by atoms with Gasteiger partial charge >= 0.3 is 0 Å². The Morgan fingerprint density at radius 3 is 2.76 bits per heavy atom. The second kappa shape index (κ2) is 7.07. The summed E-state index contributed by atoms with van der Waals surface area (Å²) in [6.45, 7) is 6.93. The summed E-state index contributed by atoms with van der Waals surface area (Å²) in [5.74, 6) is 1.37. The number of hydrogen-bond donors (Lipinski definition) is 3. The van der Waals surface area contributed by atoms with Crippen molar-refractivity contribution >= 4 is 23.5 Å². The number of nitrogens with two attached hydrogens (primary N) is 1. The van der Waals surface area contributed by atoms with Gasteiger partial charge in [0.2, 0.25) is 11.9 Å². The maximum absolute atomic E-state index is 12.3. The normalized spacial score (nSPS) is 16.4. The van der Waals surface area contributed by atoms with Crippen LogP contribution in [-0.4, -0.2) is 59.7 Å². The highest BCUT2D eigenvalue weighted by Gasteiger charge is 2.22. The first-order valence-corrected chi connectivity index (χ1v) is 7.11. The van der Waals surface area contributed by atoms with Crippen LogP contribution >= 0.6 is 0 Å². The molecule has 21 heavy (non-hydrogen) atoms. The lowest BCUT2D eigenvalue weighted by Gasteiger charge is -2.29. The zero-order valence-electron chi connectivity index (χ0n) is 12.4. The van der Waals surface area contributed by atoms with Crippen LogP contribution < -0.4 is 16.4 Å². The molecule has 116 valence electrons. The maximum atomic E-state index is 12.3. The molecule has 1 amide bonds. The van der Waals surface area contributed by atoms with E-state index >= 15 is 0 Å². The van der Waals surface area contributed by atoms with Crippen molar-refractivity contribution in [2.24, 2.45) is 0 Å². The molecule has 0 aromatic carbocycles. The Bertz CT molecular complexity index is 490. The number of carbonyl (C=O) groups is 1. The van der Waals surface area contributed by atoms with Crippen LogP contribution in [0, 0.1) is 0 Å². The Balaban J connectivity index is 2.01. The minimum atomic E-state index is -0.383. The fraction of sp³-hybridized carbons (Fsp3) is 0.615. The minimum absolute atomic E-state index is 0.0282. The van der Waals surface area contributed by atoms with Crippen LogP contribution in [-0.2, 0) is 9.53 Å². The van der Waals surface area contributed by atoms with Gasteiger partial charge in [0, 0.05) is 25.7 Å². The van der Waals surface area contributed by atoms with E-state index in [0.717, 1.165) is 6.54 Å². The quantitative estimate of drug-likeness (QED) is 0.710. The molecule has 1 aliphatic heterocycles. The molecule has 4 N–H and O–H groups in total. The van der Waals surface area contributed by atoms with Gasteiger partial charge in [-0.05, 0) is 13.8 Å². The van der Waals surface area contributed by atoms with Gasteiger partial charge in [0.15, 0.2) is 0 Å². The lowest BCUT2D eigenvalue weighted by molar-refractivity contribution is -0.135. The number of ether oxygens (including phenoxy) is 1. The van der Waals surface area contributed by atoms with E-state index in [1.807, 2.05) is 13.8 Å². The van der Waals surface area contributed by atoms with Crippen molar-refractivity contribution in [3.05, 3.63) is 6.07 Å². The summed E-state index contributed by atoms with van der Waals surface area (Å²) >= 11 is 0. The van der Waals surface area contributed by atoms with Gasteiger partial charge < -0.3 is 26.0 Å². The lowest BCUT2D eigenvalue weighted by Crippen LogP contribution is -2.47. The van der Waals surface area contributed by atoms with Gasteiger partial charge in [-0.3, -0.25) is 4.79 Å². The van der Waals surface area contributed by atoms with Crippen LogP contribution in [0.1, 0.15) is 13.8 Å². The Kier molecular flexibility index (Phi) is 5.15. The third kappa shape index (κ3) is 4.19. The van der Waals surface area contributed by atoms with E-state index < -0.39 is 0 Å². The average molecular weight is 294 g/mol. The molecular weight excluding hydrogens is 272 g/mol. The second-order valence-corrected chi connectivity index (χ2v) is 4.83. The summed E-state index contributed by atoms with van der Waals surface area (Å²) in [5, 5.41) is 6.15. The first kappa shape index (κ1) is 15.3. The van der Waals surface area contributed by atoms with Gasteiger partial charge in [-0.1, -0.05) is 0 Å². The van der Waals surface area contributed by atoms with Crippen LogP contribution in [0.15, 0.2) is 6.07 Å². The summed E-state index contributed by atoms with van der Waals surface area (Å²) in [6, 6.07) is 1.36. The van der Waals surface area contributed by atoms with Crippen LogP contribution in [0.25, 0.3) is 0 Å². The summed E-state index contributed by atoms with van der Waals surface area (Å²) in [5.41, 5.74) is 5.67. The van der Waals surface area contributed by atoms with Crippen LogP contribution in [0.4, 0.5) is 17.6 Å². The van der Waals surface area contributed by atoms with E-state index in [2.05, 4.69) is 20.6 Å². The summed E-state index contributed by atoms with van der Waals surface area (Å²) in [7, 11) is 0. The second-order valence-electron chi connectivity index (χ2n) is 4.83. The van der Waals surface area contributed by atoms with E-state index in [-0.39, 0.29) is 17.9 Å². The highest BCUT2D eigenvalue weighted by atomic mass is 16.5. The molecule has 0 radical (unpaired) electrons. The highest BCUT2D eigenvalue weighted by molar-refractivity contribution is 5.84. The zero-order chi connectivity index (χ0) is 15.2. The number of rotatable bonds is 5. The fourth-order valence-corrected chi connectivity index (χ4v) is 2.15. The fourth-order valence-electron chi connectivity index (χ4n) is 2.15. The Hall–Kier alpha value is -2.09. The van der Waals surface area contributed by atoms with Gasteiger partial charge in [0.25, 0.3) is 0 Å². The van der Waals surface area contributed by atoms with Crippen molar-refractivity contribution in [1.82, 2.24) is 14.9 Å². The molecule has 0 saturated carbocycles. The van der Waals surface area contributed by atoms with E-state index in [1.54, 1.807) is 11.0 Å². The largest absolute Gasteiger partial charge is 0.378 e. The number of nitrogens with one attached hydrogen (secondary N) is 2. The lowest BCUT2D eigenvalue weighted by atomic mass is 10.2. The summed E-state index contributed by atoms with van der Waals surface area (Å²) in [4.78, 5) is 22.3.